The molecule has 0 radical (unpaired) electrons. The van der Waals surface area contributed by atoms with Crippen LogP contribution in [0.25, 0.3) is 6.08 Å². The van der Waals surface area contributed by atoms with Crippen LogP contribution >= 0.6 is 35.6 Å². The third-order valence-electron chi connectivity index (χ3n) is 3.47. The minimum Gasteiger partial charge on any atom is -0.481 e. The average Bonchev–Trinajstić information content (AvgIpc) is 2.86. The summed E-state index contributed by atoms with van der Waals surface area (Å²) in [6.07, 6.45) is 1.91. The second kappa shape index (κ2) is 8.95. The van der Waals surface area contributed by atoms with Crippen LogP contribution in [0.3, 0.4) is 0 Å². The SMILES string of the molecule is O=C(O)CC(C(=O)O)N1C(=O)/C(=C/C(Cl)=C/c2ccc([N+](=O)[O-])cc2)SC1=S. The van der Waals surface area contributed by atoms with E-state index >= 15 is 0 Å². The number of hydrogen-bond donors (Lipinski definition) is 2. The number of non-ortho nitro benzene ring substituents is 1. The Morgan fingerprint density at radius 2 is 1.93 bits per heavy atom. The Morgan fingerprint density at radius 1 is 1.32 bits per heavy atom. The van der Waals surface area contributed by atoms with Crippen molar-refractivity contribution in [3.63, 3.8) is 0 Å². The van der Waals surface area contributed by atoms with Gasteiger partial charge in [-0.1, -0.05) is 35.6 Å². The number of allylic oxidation sites excluding steroid dienone is 2. The summed E-state index contributed by atoms with van der Waals surface area (Å²) in [6, 6.07) is 3.88. The van der Waals surface area contributed by atoms with Gasteiger partial charge in [-0.25, -0.2) is 4.79 Å². The number of amides is 1. The summed E-state index contributed by atoms with van der Waals surface area (Å²) in [7, 11) is 0. The highest BCUT2D eigenvalue weighted by Crippen LogP contribution is 2.34. The maximum absolute atomic E-state index is 12.5. The minimum atomic E-state index is -1.63. The molecule has 2 N–H and O–H groups in total. The smallest absolute Gasteiger partial charge is 0.327 e. The number of carbonyl (C=O) groups excluding carboxylic acids is 1. The molecule has 1 aliphatic rings. The van der Waals surface area contributed by atoms with Gasteiger partial charge < -0.3 is 10.2 Å². The number of thioether (sulfide) groups is 1. The lowest BCUT2D eigenvalue weighted by molar-refractivity contribution is -0.384. The highest BCUT2D eigenvalue weighted by molar-refractivity contribution is 8.26. The number of benzene rings is 1. The third-order valence-corrected chi connectivity index (χ3v) is 5.01. The van der Waals surface area contributed by atoms with E-state index in [1.54, 1.807) is 0 Å². The Labute approximate surface area is 172 Å². The fraction of sp³-hybridized carbons (Fsp3) is 0.125. The molecule has 1 atom stereocenters. The van der Waals surface area contributed by atoms with Crippen LogP contribution < -0.4 is 0 Å². The molecule has 0 aliphatic carbocycles. The molecule has 9 nitrogen and oxygen atoms in total. The normalized spacial score (nSPS) is 17.1. The lowest BCUT2D eigenvalue weighted by Gasteiger charge is -2.21. The topological polar surface area (TPSA) is 138 Å². The number of thiocarbonyl (C=S) groups is 1. The van der Waals surface area contributed by atoms with Crippen molar-refractivity contribution in [2.45, 2.75) is 12.5 Å². The molecule has 12 heteroatoms. The van der Waals surface area contributed by atoms with Crippen LogP contribution in [-0.2, 0) is 14.4 Å². The first-order valence-corrected chi connectivity index (χ1v) is 9.03. The summed E-state index contributed by atoms with van der Waals surface area (Å²) in [5, 5.41) is 28.8. The number of nitro groups is 1. The molecule has 2 rings (SSSR count). The molecule has 0 spiro atoms. The van der Waals surface area contributed by atoms with Crippen LogP contribution in [0.2, 0.25) is 0 Å². The highest BCUT2D eigenvalue weighted by atomic mass is 35.5. The summed E-state index contributed by atoms with van der Waals surface area (Å²) in [5.41, 5.74) is 0.448. The molecule has 1 unspecified atom stereocenters. The van der Waals surface area contributed by atoms with Crippen molar-refractivity contribution in [3.05, 3.63) is 56.0 Å². The predicted octanol–water partition coefficient (Wildman–Crippen LogP) is 2.85. The summed E-state index contributed by atoms with van der Waals surface area (Å²) in [6.45, 7) is 0. The molecule has 1 saturated heterocycles. The first-order valence-electron chi connectivity index (χ1n) is 7.43. The Morgan fingerprint density at radius 3 is 2.43 bits per heavy atom. The summed E-state index contributed by atoms with van der Waals surface area (Å²) in [5.74, 6) is -3.65. The molecule has 1 aromatic rings. The molecule has 146 valence electrons. The predicted molar refractivity (Wildman–Crippen MR) is 106 cm³/mol. The van der Waals surface area contributed by atoms with Crippen molar-refractivity contribution >= 4 is 69.5 Å². The van der Waals surface area contributed by atoms with Gasteiger partial charge in [-0.2, -0.15) is 0 Å². The minimum absolute atomic E-state index is 0.0322. The van der Waals surface area contributed by atoms with Crippen molar-refractivity contribution in [3.8, 4) is 0 Å². The standard InChI is InChI=1S/C16H11ClN2O7S2/c17-9(5-8-1-3-10(4-2-8)19(25)26)6-12-14(22)18(16(27)28-12)11(15(23)24)7-13(20)21/h1-6,11H,7H2,(H,20,21)(H,23,24)/b9-5-,12-6-. The summed E-state index contributed by atoms with van der Waals surface area (Å²) >= 11 is 11.9. The molecule has 1 fully saturated rings. The van der Waals surface area contributed by atoms with E-state index in [2.05, 4.69) is 0 Å². The van der Waals surface area contributed by atoms with Gasteiger partial charge in [0.1, 0.15) is 10.4 Å². The molecule has 1 heterocycles. The van der Waals surface area contributed by atoms with E-state index in [1.807, 2.05) is 0 Å². The van der Waals surface area contributed by atoms with Gasteiger partial charge in [0, 0.05) is 17.2 Å². The molecular weight excluding hydrogens is 432 g/mol. The van der Waals surface area contributed by atoms with E-state index in [9.17, 15) is 29.6 Å². The first-order chi connectivity index (χ1) is 13.1. The van der Waals surface area contributed by atoms with Crippen molar-refractivity contribution in [1.82, 2.24) is 4.90 Å². The third kappa shape index (κ3) is 5.15. The molecular formula is C16H11ClN2O7S2. The van der Waals surface area contributed by atoms with Gasteiger partial charge in [-0.3, -0.25) is 24.6 Å². The molecule has 28 heavy (non-hydrogen) atoms. The van der Waals surface area contributed by atoms with Crippen molar-refractivity contribution in [2.24, 2.45) is 0 Å². The number of carboxylic acid groups (broad SMARTS) is 2. The van der Waals surface area contributed by atoms with Crippen LogP contribution in [0.1, 0.15) is 12.0 Å². The summed E-state index contributed by atoms with van der Waals surface area (Å²) < 4.78 is -0.0929. The zero-order valence-electron chi connectivity index (χ0n) is 13.8. The second-order valence-corrected chi connectivity index (χ2v) is 7.49. The van der Waals surface area contributed by atoms with Gasteiger partial charge in [0.05, 0.1) is 16.2 Å². The van der Waals surface area contributed by atoms with Gasteiger partial charge in [0.15, 0.2) is 0 Å². The lowest BCUT2D eigenvalue weighted by atomic mass is 10.1. The number of hydrogen-bond acceptors (Lipinski definition) is 7. The van der Waals surface area contributed by atoms with Crippen LogP contribution in [0.4, 0.5) is 5.69 Å². The quantitative estimate of drug-likeness (QED) is 0.282. The molecule has 0 bridgehead atoms. The maximum Gasteiger partial charge on any atom is 0.327 e. The second-order valence-electron chi connectivity index (χ2n) is 5.38. The van der Waals surface area contributed by atoms with E-state index < -0.39 is 35.2 Å². The van der Waals surface area contributed by atoms with Gasteiger partial charge in [0.2, 0.25) is 0 Å². The monoisotopic (exact) mass is 442 g/mol. The van der Waals surface area contributed by atoms with E-state index in [0.29, 0.717) is 5.56 Å². The van der Waals surface area contributed by atoms with Gasteiger partial charge in [-0.15, -0.1) is 0 Å². The average molecular weight is 443 g/mol. The summed E-state index contributed by atoms with van der Waals surface area (Å²) in [4.78, 5) is 45.6. The number of halogens is 1. The van der Waals surface area contributed by atoms with E-state index in [0.717, 1.165) is 16.7 Å². The van der Waals surface area contributed by atoms with Gasteiger partial charge in [-0.05, 0) is 29.8 Å². The van der Waals surface area contributed by atoms with Crippen LogP contribution in [0, 0.1) is 10.1 Å². The van der Waals surface area contributed by atoms with E-state index in [4.69, 9.17) is 28.9 Å². The number of rotatable bonds is 7. The van der Waals surface area contributed by atoms with Crippen LogP contribution in [-0.4, -0.2) is 48.2 Å². The molecule has 1 aliphatic heterocycles. The molecule has 0 aromatic heterocycles. The Hall–Kier alpha value is -2.76. The zero-order valence-corrected chi connectivity index (χ0v) is 16.2. The van der Waals surface area contributed by atoms with Gasteiger partial charge in [0.25, 0.3) is 11.6 Å². The fourth-order valence-electron chi connectivity index (χ4n) is 2.22. The maximum atomic E-state index is 12.5. The van der Waals surface area contributed by atoms with Crippen LogP contribution in [0.5, 0.6) is 0 Å². The highest BCUT2D eigenvalue weighted by Gasteiger charge is 2.41. The number of nitrogens with zero attached hydrogens (tertiary/aromatic N) is 2. The number of carboxylic acids is 2. The largest absolute Gasteiger partial charge is 0.481 e. The van der Waals surface area contributed by atoms with Crippen molar-refractivity contribution < 1.29 is 29.5 Å². The molecule has 1 amide bonds. The molecule has 1 aromatic carbocycles. The fourth-order valence-corrected chi connectivity index (χ4v) is 3.87. The first kappa shape index (κ1) is 21.5. The Bertz CT molecular complexity index is 927. The van der Waals surface area contributed by atoms with E-state index in [-0.39, 0.29) is 19.9 Å². The lowest BCUT2D eigenvalue weighted by Crippen LogP contribution is -2.45. The number of nitro benzene ring substituents is 1. The van der Waals surface area contributed by atoms with Gasteiger partial charge >= 0.3 is 11.9 Å². The van der Waals surface area contributed by atoms with Crippen molar-refractivity contribution in [2.75, 3.05) is 0 Å². The zero-order chi connectivity index (χ0) is 21.0. The number of aliphatic carboxylic acids is 2. The van der Waals surface area contributed by atoms with Crippen molar-refractivity contribution in [1.29, 1.82) is 0 Å². The molecule has 0 saturated carbocycles. The number of carbonyl (C=O) groups is 3. The Balaban J connectivity index is 2.25. The van der Waals surface area contributed by atoms with E-state index in [1.165, 1.54) is 36.4 Å². The Kier molecular flexibility index (Phi) is 6.89. The van der Waals surface area contributed by atoms with Crippen LogP contribution in [0.15, 0.2) is 40.3 Å².